The number of phenolic OH excluding ortho intramolecular Hbond substituents is 1. The van der Waals surface area contributed by atoms with Gasteiger partial charge in [-0.2, -0.15) is 0 Å². The van der Waals surface area contributed by atoms with Gasteiger partial charge in [-0.15, -0.1) is 0 Å². The highest BCUT2D eigenvalue weighted by atomic mass is 16.3. The topological polar surface area (TPSA) is 45.1 Å². The maximum absolute atomic E-state index is 9.90. The van der Waals surface area contributed by atoms with Gasteiger partial charge in [0.25, 0.3) is 0 Å². The summed E-state index contributed by atoms with van der Waals surface area (Å²) in [5.41, 5.74) is 2.89. The zero-order valence-electron chi connectivity index (χ0n) is 12.4. The van der Waals surface area contributed by atoms with E-state index in [1.165, 1.54) is 32.1 Å². The van der Waals surface area contributed by atoms with Crippen molar-refractivity contribution in [1.82, 2.24) is 4.98 Å². The summed E-state index contributed by atoms with van der Waals surface area (Å²) in [7, 11) is 0. The Morgan fingerprint density at radius 3 is 2.70 bits per heavy atom. The summed E-state index contributed by atoms with van der Waals surface area (Å²) >= 11 is 0. The van der Waals surface area contributed by atoms with E-state index in [0.29, 0.717) is 5.52 Å². The molecule has 108 valence electrons. The van der Waals surface area contributed by atoms with Gasteiger partial charge in [0.1, 0.15) is 11.3 Å². The number of hydrogen-bond donors (Lipinski definition) is 2. The summed E-state index contributed by atoms with van der Waals surface area (Å²) in [6, 6.07) is 5.64. The van der Waals surface area contributed by atoms with Gasteiger partial charge in [-0.3, -0.25) is 4.98 Å². The number of anilines is 1. The van der Waals surface area contributed by atoms with Crippen LogP contribution in [0.25, 0.3) is 10.9 Å². The van der Waals surface area contributed by atoms with Gasteiger partial charge in [0.05, 0.1) is 0 Å². The highest BCUT2D eigenvalue weighted by Crippen LogP contribution is 2.31. The first-order valence-electron chi connectivity index (χ1n) is 7.55. The minimum atomic E-state index is 0.247. The normalized spacial score (nSPS) is 10.9. The molecule has 0 amide bonds. The van der Waals surface area contributed by atoms with E-state index in [-0.39, 0.29) is 5.75 Å². The summed E-state index contributed by atoms with van der Waals surface area (Å²) in [5, 5.41) is 14.4. The molecule has 3 heteroatoms. The van der Waals surface area contributed by atoms with Gasteiger partial charge in [0, 0.05) is 23.8 Å². The van der Waals surface area contributed by atoms with Crippen LogP contribution >= 0.6 is 0 Å². The summed E-state index contributed by atoms with van der Waals surface area (Å²) in [5.74, 6) is 0.247. The Kier molecular flexibility index (Phi) is 5.22. The zero-order valence-corrected chi connectivity index (χ0v) is 12.4. The molecule has 2 rings (SSSR count). The predicted octanol–water partition coefficient (Wildman–Crippen LogP) is 4.63. The second-order valence-corrected chi connectivity index (χ2v) is 5.32. The lowest BCUT2D eigenvalue weighted by Gasteiger charge is -2.12. The summed E-state index contributed by atoms with van der Waals surface area (Å²) in [6.45, 7) is 5.25. The lowest BCUT2D eigenvalue weighted by atomic mass is 10.1. The molecule has 1 aromatic heterocycles. The average molecular weight is 272 g/mol. The predicted molar refractivity (Wildman–Crippen MR) is 85.4 cm³/mol. The number of aryl methyl sites for hydroxylation is 1. The molecule has 2 N–H and O–H groups in total. The molecular weight excluding hydrogens is 248 g/mol. The fourth-order valence-corrected chi connectivity index (χ4v) is 2.52. The molecule has 0 bridgehead atoms. The van der Waals surface area contributed by atoms with Crippen LogP contribution in [0, 0.1) is 6.92 Å². The molecule has 0 aliphatic carbocycles. The highest BCUT2D eigenvalue weighted by Gasteiger charge is 2.08. The number of benzene rings is 1. The fourth-order valence-electron chi connectivity index (χ4n) is 2.52. The third kappa shape index (κ3) is 3.41. The van der Waals surface area contributed by atoms with Crippen molar-refractivity contribution in [3.8, 4) is 5.75 Å². The molecule has 0 unspecified atom stereocenters. The van der Waals surface area contributed by atoms with Gasteiger partial charge in [0.15, 0.2) is 0 Å². The molecule has 0 saturated heterocycles. The first-order valence-corrected chi connectivity index (χ1v) is 7.55. The van der Waals surface area contributed by atoms with E-state index in [0.717, 1.165) is 23.2 Å². The van der Waals surface area contributed by atoms with Crippen molar-refractivity contribution < 1.29 is 5.11 Å². The molecule has 0 fully saturated rings. The number of nitrogens with zero attached hydrogens (tertiary/aromatic N) is 1. The van der Waals surface area contributed by atoms with Gasteiger partial charge in [-0.25, -0.2) is 0 Å². The van der Waals surface area contributed by atoms with Crippen LogP contribution in [0.3, 0.4) is 0 Å². The largest absolute Gasteiger partial charge is 0.506 e. The molecule has 1 heterocycles. The third-order valence-corrected chi connectivity index (χ3v) is 3.67. The van der Waals surface area contributed by atoms with E-state index < -0.39 is 0 Å². The van der Waals surface area contributed by atoms with E-state index in [1.54, 1.807) is 12.3 Å². The Hall–Kier alpha value is -1.77. The molecule has 0 radical (unpaired) electrons. The molecule has 0 aliphatic heterocycles. The van der Waals surface area contributed by atoms with Crippen molar-refractivity contribution in [1.29, 1.82) is 0 Å². The van der Waals surface area contributed by atoms with E-state index in [1.807, 2.05) is 12.1 Å². The molecule has 3 nitrogen and oxygen atoms in total. The van der Waals surface area contributed by atoms with E-state index >= 15 is 0 Å². The summed E-state index contributed by atoms with van der Waals surface area (Å²) in [4.78, 5) is 4.28. The minimum absolute atomic E-state index is 0.247. The van der Waals surface area contributed by atoms with Gasteiger partial charge >= 0.3 is 0 Å². The number of nitrogens with one attached hydrogen (secondary N) is 1. The number of unbranched alkanes of at least 4 members (excludes halogenated alkanes) is 4. The van der Waals surface area contributed by atoms with E-state index in [4.69, 9.17) is 0 Å². The van der Waals surface area contributed by atoms with Crippen molar-refractivity contribution >= 4 is 16.6 Å². The number of fused-ring (bicyclic) bond motifs is 1. The molecule has 0 aliphatic rings. The first-order chi connectivity index (χ1) is 9.74. The molecule has 2 aromatic rings. The molecule has 1 aromatic carbocycles. The second kappa shape index (κ2) is 7.13. The Labute approximate surface area is 121 Å². The number of phenols is 1. The van der Waals surface area contributed by atoms with Crippen LogP contribution < -0.4 is 5.32 Å². The van der Waals surface area contributed by atoms with Crippen LogP contribution in [-0.2, 0) is 0 Å². The summed E-state index contributed by atoms with van der Waals surface area (Å²) in [6.07, 6.45) is 8.11. The average Bonchev–Trinajstić information content (AvgIpc) is 2.45. The number of rotatable bonds is 7. The Morgan fingerprint density at radius 1 is 1.10 bits per heavy atom. The van der Waals surface area contributed by atoms with Crippen molar-refractivity contribution in [2.75, 3.05) is 11.9 Å². The van der Waals surface area contributed by atoms with Crippen LogP contribution in [-0.4, -0.2) is 16.6 Å². The Balaban J connectivity index is 2.05. The maximum atomic E-state index is 9.90. The monoisotopic (exact) mass is 272 g/mol. The summed E-state index contributed by atoms with van der Waals surface area (Å²) < 4.78 is 0. The minimum Gasteiger partial charge on any atom is -0.506 e. The SMILES string of the molecule is CCCCCCCNc1ccc(O)c2nccc(C)c12. The van der Waals surface area contributed by atoms with Crippen LogP contribution in [0.5, 0.6) is 5.75 Å². The number of aromatic nitrogens is 1. The van der Waals surface area contributed by atoms with Gasteiger partial charge in [-0.05, 0) is 37.1 Å². The quantitative estimate of drug-likeness (QED) is 0.570. The molecule has 0 saturated carbocycles. The zero-order chi connectivity index (χ0) is 14.4. The number of aromatic hydroxyl groups is 1. The third-order valence-electron chi connectivity index (χ3n) is 3.67. The van der Waals surface area contributed by atoms with Gasteiger partial charge in [-0.1, -0.05) is 32.6 Å². The van der Waals surface area contributed by atoms with Crippen molar-refractivity contribution in [3.63, 3.8) is 0 Å². The van der Waals surface area contributed by atoms with Crippen LogP contribution in [0.15, 0.2) is 24.4 Å². The van der Waals surface area contributed by atoms with E-state index in [2.05, 4.69) is 24.1 Å². The number of hydrogen-bond acceptors (Lipinski definition) is 3. The van der Waals surface area contributed by atoms with Gasteiger partial charge < -0.3 is 10.4 Å². The van der Waals surface area contributed by atoms with Crippen LogP contribution in [0.2, 0.25) is 0 Å². The number of pyridine rings is 1. The molecule has 0 spiro atoms. The smallest absolute Gasteiger partial charge is 0.141 e. The molecular formula is C17H24N2O. The maximum Gasteiger partial charge on any atom is 0.141 e. The lowest BCUT2D eigenvalue weighted by molar-refractivity contribution is 0.480. The Morgan fingerprint density at radius 2 is 1.90 bits per heavy atom. The fraction of sp³-hybridized carbons (Fsp3) is 0.471. The van der Waals surface area contributed by atoms with Crippen LogP contribution in [0.1, 0.15) is 44.6 Å². The molecule has 20 heavy (non-hydrogen) atoms. The first kappa shape index (κ1) is 14.6. The van der Waals surface area contributed by atoms with Crippen molar-refractivity contribution in [2.24, 2.45) is 0 Å². The Bertz CT molecular complexity index is 566. The van der Waals surface area contributed by atoms with Crippen LogP contribution in [0.4, 0.5) is 5.69 Å². The lowest BCUT2D eigenvalue weighted by Crippen LogP contribution is -2.02. The van der Waals surface area contributed by atoms with Crippen molar-refractivity contribution in [2.45, 2.75) is 46.0 Å². The second-order valence-electron chi connectivity index (χ2n) is 5.32. The standard InChI is InChI=1S/C17H24N2O/c1-3-4-5-6-7-11-18-14-8-9-15(20)17-16(14)13(2)10-12-19-17/h8-10,12,18,20H,3-7,11H2,1-2H3. The van der Waals surface area contributed by atoms with E-state index in [9.17, 15) is 5.11 Å². The van der Waals surface area contributed by atoms with Gasteiger partial charge in [0.2, 0.25) is 0 Å². The van der Waals surface area contributed by atoms with Crippen molar-refractivity contribution in [3.05, 3.63) is 30.0 Å². The highest BCUT2D eigenvalue weighted by molar-refractivity contribution is 5.97. The molecule has 0 atom stereocenters.